The van der Waals surface area contributed by atoms with Gasteiger partial charge in [-0.1, -0.05) is 0 Å². The number of aliphatic hydroxyl groups excluding tert-OH is 1. The van der Waals surface area contributed by atoms with Gasteiger partial charge in [0.15, 0.2) is 0 Å². The molecule has 0 aromatic heterocycles. The van der Waals surface area contributed by atoms with Gasteiger partial charge in [-0.2, -0.15) is 13.2 Å². The molecule has 0 saturated carbocycles. The standard InChI is InChI=1S/C13H13F4NO2/c14-11-2-1-10(13(15,16)17)4-9(11)6-18-5-8(7-19)3-12(18)20/h1-2,4,8,19H,3,5-7H2. The van der Waals surface area contributed by atoms with E-state index in [1.54, 1.807) is 0 Å². The lowest BCUT2D eigenvalue weighted by Crippen LogP contribution is -2.25. The van der Waals surface area contributed by atoms with Crippen molar-refractivity contribution in [1.82, 2.24) is 4.90 Å². The van der Waals surface area contributed by atoms with Gasteiger partial charge in [-0.15, -0.1) is 0 Å². The highest BCUT2D eigenvalue weighted by molar-refractivity contribution is 5.78. The van der Waals surface area contributed by atoms with Gasteiger partial charge in [0.1, 0.15) is 5.82 Å². The van der Waals surface area contributed by atoms with Crippen molar-refractivity contribution in [3.8, 4) is 0 Å². The first-order valence-corrected chi connectivity index (χ1v) is 6.05. The van der Waals surface area contributed by atoms with Gasteiger partial charge < -0.3 is 10.0 Å². The molecule has 1 N–H and O–H groups in total. The number of alkyl halides is 3. The van der Waals surface area contributed by atoms with E-state index >= 15 is 0 Å². The Morgan fingerprint density at radius 1 is 1.35 bits per heavy atom. The van der Waals surface area contributed by atoms with Crippen LogP contribution < -0.4 is 0 Å². The summed E-state index contributed by atoms with van der Waals surface area (Å²) >= 11 is 0. The molecule has 0 bridgehead atoms. The average molecular weight is 291 g/mol. The van der Waals surface area contributed by atoms with E-state index in [0.717, 1.165) is 12.1 Å². The van der Waals surface area contributed by atoms with Crippen LogP contribution in [-0.2, 0) is 17.5 Å². The van der Waals surface area contributed by atoms with Crippen LogP contribution in [0.3, 0.4) is 0 Å². The monoisotopic (exact) mass is 291 g/mol. The lowest BCUT2D eigenvalue weighted by Gasteiger charge is -2.18. The SMILES string of the molecule is O=C1CC(CO)CN1Cc1cc(C(F)(F)F)ccc1F. The fraction of sp³-hybridized carbons (Fsp3) is 0.462. The smallest absolute Gasteiger partial charge is 0.396 e. The number of halogens is 4. The number of nitrogens with zero attached hydrogens (tertiary/aromatic N) is 1. The summed E-state index contributed by atoms with van der Waals surface area (Å²) in [5, 5.41) is 8.97. The van der Waals surface area contributed by atoms with Crippen LogP contribution in [-0.4, -0.2) is 29.1 Å². The van der Waals surface area contributed by atoms with Crippen LogP contribution in [0.15, 0.2) is 18.2 Å². The first kappa shape index (κ1) is 14.8. The molecule has 20 heavy (non-hydrogen) atoms. The maximum absolute atomic E-state index is 13.6. The van der Waals surface area contributed by atoms with E-state index < -0.39 is 17.6 Å². The predicted molar refractivity (Wildman–Crippen MR) is 62.0 cm³/mol. The lowest BCUT2D eigenvalue weighted by molar-refractivity contribution is -0.137. The topological polar surface area (TPSA) is 40.5 Å². The van der Waals surface area contributed by atoms with Crippen LogP contribution in [0.5, 0.6) is 0 Å². The molecule has 7 heteroatoms. The van der Waals surface area contributed by atoms with Crippen molar-refractivity contribution in [2.45, 2.75) is 19.1 Å². The number of benzene rings is 1. The van der Waals surface area contributed by atoms with Crippen LogP contribution in [0.1, 0.15) is 17.5 Å². The molecule has 1 aliphatic heterocycles. The third-order valence-electron chi connectivity index (χ3n) is 3.29. The summed E-state index contributed by atoms with van der Waals surface area (Å²) in [4.78, 5) is 12.9. The second-order valence-electron chi connectivity index (χ2n) is 4.83. The first-order valence-electron chi connectivity index (χ1n) is 6.05. The number of rotatable bonds is 3. The van der Waals surface area contributed by atoms with Gasteiger partial charge in [0.05, 0.1) is 5.56 Å². The maximum atomic E-state index is 13.6. The van der Waals surface area contributed by atoms with Crippen LogP contribution in [0.2, 0.25) is 0 Å². The van der Waals surface area contributed by atoms with Gasteiger partial charge in [-0.25, -0.2) is 4.39 Å². The van der Waals surface area contributed by atoms with Gasteiger partial charge >= 0.3 is 6.18 Å². The fourth-order valence-corrected chi connectivity index (χ4v) is 2.21. The molecule has 0 aliphatic carbocycles. The molecule has 1 unspecified atom stereocenters. The Hall–Kier alpha value is -1.63. The Morgan fingerprint density at radius 2 is 2.05 bits per heavy atom. The van der Waals surface area contributed by atoms with E-state index in [0.29, 0.717) is 6.07 Å². The number of hydrogen-bond acceptors (Lipinski definition) is 2. The van der Waals surface area contributed by atoms with Gasteiger partial charge in [0, 0.05) is 37.6 Å². The normalized spacial score (nSPS) is 19.8. The van der Waals surface area contributed by atoms with Crippen LogP contribution in [0.4, 0.5) is 17.6 Å². The highest BCUT2D eigenvalue weighted by atomic mass is 19.4. The molecular formula is C13H13F4NO2. The molecule has 110 valence electrons. The summed E-state index contributed by atoms with van der Waals surface area (Å²) in [5.74, 6) is -1.31. The summed E-state index contributed by atoms with van der Waals surface area (Å²) in [6.45, 7) is -0.163. The summed E-state index contributed by atoms with van der Waals surface area (Å²) in [6.07, 6.45) is -4.41. The molecule has 1 aliphatic rings. The highest BCUT2D eigenvalue weighted by Crippen LogP contribution is 2.31. The van der Waals surface area contributed by atoms with Gasteiger partial charge in [0.2, 0.25) is 5.91 Å². The minimum atomic E-state index is -4.55. The second kappa shape index (κ2) is 5.40. The number of amides is 1. The Kier molecular flexibility index (Phi) is 3.99. The summed E-state index contributed by atoms with van der Waals surface area (Å²) < 4.78 is 51.3. The molecule has 1 amide bonds. The first-order chi connectivity index (χ1) is 9.31. The van der Waals surface area contributed by atoms with E-state index in [2.05, 4.69) is 0 Å². The number of hydrogen-bond donors (Lipinski definition) is 1. The molecule has 1 aromatic rings. The lowest BCUT2D eigenvalue weighted by atomic mass is 10.1. The summed E-state index contributed by atoms with van der Waals surface area (Å²) in [7, 11) is 0. The quantitative estimate of drug-likeness (QED) is 0.867. The molecule has 3 nitrogen and oxygen atoms in total. The van der Waals surface area contributed by atoms with Crippen molar-refractivity contribution in [3.63, 3.8) is 0 Å². The molecule has 0 spiro atoms. The molecule has 1 aromatic carbocycles. The van der Waals surface area contributed by atoms with Crippen molar-refractivity contribution in [2.75, 3.05) is 13.2 Å². The minimum Gasteiger partial charge on any atom is -0.396 e. The predicted octanol–water partition coefficient (Wildman–Crippen LogP) is 2.19. The van der Waals surface area contributed by atoms with Crippen molar-refractivity contribution in [1.29, 1.82) is 0 Å². The molecule has 1 atom stereocenters. The zero-order valence-corrected chi connectivity index (χ0v) is 10.5. The molecule has 0 radical (unpaired) electrons. The number of carbonyl (C=O) groups is 1. The Morgan fingerprint density at radius 3 is 2.60 bits per heavy atom. The Bertz CT molecular complexity index is 516. The van der Waals surface area contributed by atoms with Crippen molar-refractivity contribution in [2.24, 2.45) is 5.92 Å². The molecule has 1 heterocycles. The van der Waals surface area contributed by atoms with Gasteiger partial charge in [-0.3, -0.25) is 4.79 Å². The summed E-state index contributed by atoms with van der Waals surface area (Å²) in [5.41, 5.74) is -1.12. The molecule has 1 fully saturated rings. The molecule has 1 saturated heterocycles. The zero-order chi connectivity index (χ0) is 14.9. The van der Waals surface area contributed by atoms with Gasteiger partial charge in [-0.05, 0) is 18.2 Å². The van der Waals surface area contributed by atoms with E-state index in [-0.39, 0.29) is 43.5 Å². The average Bonchev–Trinajstić information content (AvgIpc) is 2.71. The van der Waals surface area contributed by atoms with Crippen molar-refractivity contribution >= 4 is 5.91 Å². The number of aliphatic hydroxyl groups is 1. The van der Waals surface area contributed by atoms with Crippen LogP contribution >= 0.6 is 0 Å². The van der Waals surface area contributed by atoms with Crippen LogP contribution in [0.25, 0.3) is 0 Å². The van der Waals surface area contributed by atoms with Crippen molar-refractivity contribution < 1.29 is 27.5 Å². The Balaban J connectivity index is 2.19. The maximum Gasteiger partial charge on any atom is 0.416 e. The minimum absolute atomic E-state index is 0.136. The van der Waals surface area contributed by atoms with E-state index in [1.165, 1.54) is 4.90 Å². The molecular weight excluding hydrogens is 278 g/mol. The Labute approximate surface area is 112 Å². The number of carbonyl (C=O) groups excluding carboxylic acids is 1. The highest BCUT2D eigenvalue weighted by Gasteiger charge is 2.33. The van der Waals surface area contributed by atoms with Crippen LogP contribution in [0, 0.1) is 11.7 Å². The third kappa shape index (κ3) is 3.09. The number of likely N-dealkylation sites (tertiary alicyclic amines) is 1. The van der Waals surface area contributed by atoms with E-state index in [9.17, 15) is 22.4 Å². The molecule has 2 rings (SSSR count). The zero-order valence-electron chi connectivity index (χ0n) is 10.5. The van der Waals surface area contributed by atoms with Gasteiger partial charge in [0.25, 0.3) is 0 Å². The van der Waals surface area contributed by atoms with E-state index in [1.807, 2.05) is 0 Å². The fourth-order valence-electron chi connectivity index (χ4n) is 2.21. The second-order valence-corrected chi connectivity index (χ2v) is 4.83. The summed E-state index contributed by atoms with van der Waals surface area (Å²) in [6, 6.07) is 2.14. The largest absolute Gasteiger partial charge is 0.416 e. The van der Waals surface area contributed by atoms with E-state index in [4.69, 9.17) is 5.11 Å². The van der Waals surface area contributed by atoms with Crippen molar-refractivity contribution in [3.05, 3.63) is 35.1 Å². The third-order valence-corrected chi connectivity index (χ3v) is 3.29.